The molecule has 3 amide bonds. The van der Waals surface area contributed by atoms with Crippen molar-refractivity contribution in [1.29, 1.82) is 0 Å². The topological polar surface area (TPSA) is 172 Å². The average Bonchev–Trinajstić information content (AvgIpc) is 2.98. The highest BCUT2D eigenvalue weighted by Crippen LogP contribution is 2.13. The average molecular weight is 626 g/mol. The van der Waals surface area contributed by atoms with Crippen LogP contribution in [0.1, 0.15) is 43.2 Å². The minimum Gasteiger partial charge on any atom is -0.390 e. The number of rotatable bonds is 13. The summed E-state index contributed by atoms with van der Waals surface area (Å²) in [4.78, 5) is 39.0. The zero-order chi connectivity index (χ0) is 33.3. The SMILES string of the molecule is C#C.CC(C)CCN(C[C@@H](O)[C@H](Cc1ccccc1)NC(=O)CNC(=O)c1ccc2ccccc2n1)S(C)(=O)=O.CC(N)=O. The molecule has 2 atom stereocenters. The number of aliphatic hydroxyl groups is 1. The van der Waals surface area contributed by atoms with Crippen LogP contribution < -0.4 is 16.4 Å². The van der Waals surface area contributed by atoms with Crippen LogP contribution in [-0.4, -0.2) is 78.6 Å². The number of hydrogen-bond donors (Lipinski definition) is 4. The van der Waals surface area contributed by atoms with Crippen LogP contribution in [0, 0.1) is 18.8 Å². The number of terminal acetylenes is 1. The van der Waals surface area contributed by atoms with Gasteiger partial charge in [0.15, 0.2) is 0 Å². The molecule has 3 rings (SSSR count). The zero-order valence-electron chi connectivity index (χ0n) is 25.6. The van der Waals surface area contributed by atoms with Crippen molar-refractivity contribution in [3.63, 3.8) is 0 Å². The first kappa shape index (κ1) is 37.7. The van der Waals surface area contributed by atoms with E-state index < -0.39 is 34.0 Å². The van der Waals surface area contributed by atoms with Gasteiger partial charge in [0.25, 0.3) is 5.91 Å². The summed E-state index contributed by atoms with van der Waals surface area (Å²) in [6.45, 7) is 5.09. The first-order chi connectivity index (χ1) is 20.8. The van der Waals surface area contributed by atoms with Gasteiger partial charge in [-0.3, -0.25) is 14.4 Å². The number of hydrogen-bond acceptors (Lipinski definition) is 7. The number of benzene rings is 2. The van der Waals surface area contributed by atoms with Gasteiger partial charge in [0.2, 0.25) is 21.8 Å². The molecule has 0 aliphatic carbocycles. The number of nitrogens with one attached hydrogen (secondary N) is 2. The van der Waals surface area contributed by atoms with Gasteiger partial charge in [-0.25, -0.2) is 13.4 Å². The van der Waals surface area contributed by atoms with Crippen LogP contribution in [0.15, 0.2) is 66.7 Å². The fourth-order valence-electron chi connectivity index (χ4n) is 3.98. The number of pyridine rings is 1. The summed E-state index contributed by atoms with van der Waals surface area (Å²) in [6.07, 6.45) is 8.88. The van der Waals surface area contributed by atoms with Crippen LogP contribution in [0.2, 0.25) is 0 Å². The predicted molar refractivity (Wildman–Crippen MR) is 173 cm³/mol. The number of amides is 3. The molecule has 11 nitrogen and oxygen atoms in total. The molecular formula is C32H43N5O6S. The van der Waals surface area contributed by atoms with E-state index in [1.165, 1.54) is 11.2 Å². The molecule has 1 aromatic heterocycles. The molecule has 0 saturated carbocycles. The molecule has 0 aliphatic heterocycles. The van der Waals surface area contributed by atoms with E-state index in [1.807, 2.05) is 62.4 Å². The Kier molecular flexibility index (Phi) is 16.3. The number of aliphatic hydroxyl groups excluding tert-OH is 1. The van der Waals surface area contributed by atoms with Crippen LogP contribution in [-0.2, 0) is 26.0 Å². The minimum absolute atomic E-state index is 0.156. The summed E-state index contributed by atoms with van der Waals surface area (Å²) in [5.41, 5.74) is 6.20. The van der Waals surface area contributed by atoms with Gasteiger partial charge in [-0.05, 0) is 36.5 Å². The molecule has 12 heteroatoms. The van der Waals surface area contributed by atoms with Crippen LogP contribution in [0.5, 0.6) is 0 Å². The number of carbonyl (C=O) groups excluding carboxylic acids is 3. The number of fused-ring (bicyclic) bond motifs is 1. The molecule has 44 heavy (non-hydrogen) atoms. The van der Waals surface area contributed by atoms with Crippen LogP contribution in [0.4, 0.5) is 0 Å². The second-order valence-electron chi connectivity index (χ2n) is 10.4. The lowest BCUT2D eigenvalue weighted by atomic mass is 10.0. The van der Waals surface area contributed by atoms with Crippen molar-refractivity contribution in [2.45, 2.75) is 45.8 Å². The molecule has 2 aromatic carbocycles. The van der Waals surface area contributed by atoms with Crippen molar-refractivity contribution in [1.82, 2.24) is 19.9 Å². The molecule has 1 heterocycles. The Balaban J connectivity index is 0.00000149. The maximum absolute atomic E-state index is 12.8. The van der Waals surface area contributed by atoms with Crippen molar-refractivity contribution < 1.29 is 27.9 Å². The maximum Gasteiger partial charge on any atom is 0.270 e. The largest absolute Gasteiger partial charge is 0.390 e. The van der Waals surface area contributed by atoms with Gasteiger partial charge >= 0.3 is 0 Å². The lowest BCUT2D eigenvalue weighted by Gasteiger charge is -2.29. The summed E-state index contributed by atoms with van der Waals surface area (Å²) in [7, 11) is -3.56. The Bertz CT molecular complexity index is 1470. The lowest BCUT2D eigenvalue weighted by molar-refractivity contribution is -0.121. The molecule has 0 bridgehead atoms. The minimum atomic E-state index is -3.56. The monoisotopic (exact) mass is 625 g/mol. The molecule has 238 valence electrons. The van der Waals surface area contributed by atoms with Gasteiger partial charge in [0.1, 0.15) is 5.69 Å². The summed E-state index contributed by atoms with van der Waals surface area (Å²) in [5.74, 6) is -1.05. The molecule has 0 aliphatic rings. The third kappa shape index (κ3) is 14.2. The second kappa shape index (κ2) is 19.1. The molecule has 0 fully saturated rings. The van der Waals surface area contributed by atoms with E-state index in [-0.39, 0.29) is 43.6 Å². The van der Waals surface area contributed by atoms with Crippen LogP contribution in [0.3, 0.4) is 0 Å². The Morgan fingerprint density at radius 1 is 1.00 bits per heavy atom. The fraction of sp³-hybridized carbons (Fsp3) is 0.375. The molecule has 0 spiro atoms. The highest BCUT2D eigenvalue weighted by molar-refractivity contribution is 7.88. The molecule has 3 aromatic rings. The van der Waals surface area contributed by atoms with E-state index >= 15 is 0 Å². The Morgan fingerprint density at radius 2 is 1.59 bits per heavy atom. The van der Waals surface area contributed by atoms with E-state index in [4.69, 9.17) is 0 Å². The number of nitrogens with two attached hydrogens (primary N) is 1. The highest BCUT2D eigenvalue weighted by Gasteiger charge is 2.28. The molecule has 0 saturated heterocycles. The standard InChI is InChI=1S/C28H36N4O5S.C2H5NO.C2H2/c1-20(2)15-16-32(38(3,36)37)19-26(33)25(17-21-9-5-4-6-10-21)31-27(34)18-29-28(35)24-14-13-22-11-7-8-12-23(22)30-24;1-2(3)4;1-2/h4-14,20,25-26,33H,15-19H2,1-3H3,(H,29,35)(H,31,34);1H3,(H2,3,4);1-2H/t25-,26+;;/m0../s1. The Morgan fingerprint density at radius 3 is 2.18 bits per heavy atom. The fourth-order valence-corrected chi connectivity index (χ4v) is 4.84. The van der Waals surface area contributed by atoms with Gasteiger partial charge in [0, 0.05) is 25.4 Å². The van der Waals surface area contributed by atoms with Gasteiger partial charge in [0.05, 0.1) is 30.5 Å². The molecule has 0 radical (unpaired) electrons. The van der Waals surface area contributed by atoms with E-state index in [0.29, 0.717) is 11.9 Å². The molecule has 5 N–H and O–H groups in total. The number of carbonyl (C=O) groups is 3. The second-order valence-corrected chi connectivity index (χ2v) is 12.4. The molecular weight excluding hydrogens is 582 g/mol. The lowest BCUT2D eigenvalue weighted by Crippen LogP contribution is -2.52. The summed E-state index contributed by atoms with van der Waals surface area (Å²) >= 11 is 0. The van der Waals surface area contributed by atoms with Crippen LogP contribution in [0.25, 0.3) is 10.9 Å². The van der Waals surface area contributed by atoms with E-state index in [9.17, 15) is 27.9 Å². The number of aromatic nitrogens is 1. The third-order valence-electron chi connectivity index (χ3n) is 6.17. The van der Waals surface area contributed by atoms with Gasteiger partial charge in [-0.15, -0.1) is 12.8 Å². The van der Waals surface area contributed by atoms with Crippen molar-refractivity contribution in [3.8, 4) is 12.8 Å². The molecule has 0 unspecified atom stereocenters. The van der Waals surface area contributed by atoms with Crippen molar-refractivity contribution in [2.24, 2.45) is 11.7 Å². The third-order valence-corrected chi connectivity index (χ3v) is 7.44. The number of sulfonamides is 1. The van der Waals surface area contributed by atoms with E-state index in [1.54, 1.807) is 18.2 Å². The van der Waals surface area contributed by atoms with Gasteiger partial charge < -0.3 is 21.5 Å². The maximum atomic E-state index is 12.8. The number of para-hydroxylation sites is 1. The summed E-state index contributed by atoms with van der Waals surface area (Å²) in [5, 5.41) is 17.3. The van der Waals surface area contributed by atoms with Crippen molar-refractivity contribution in [2.75, 3.05) is 25.9 Å². The zero-order valence-corrected chi connectivity index (χ0v) is 26.5. The predicted octanol–water partition coefficient (Wildman–Crippen LogP) is 2.10. The number of primary amides is 1. The first-order valence-electron chi connectivity index (χ1n) is 14.0. The number of nitrogens with zero attached hydrogens (tertiary/aromatic N) is 2. The van der Waals surface area contributed by atoms with Gasteiger partial charge in [-0.2, -0.15) is 4.31 Å². The van der Waals surface area contributed by atoms with Crippen molar-refractivity contribution in [3.05, 3.63) is 78.0 Å². The smallest absolute Gasteiger partial charge is 0.270 e. The van der Waals surface area contributed by atoms with Crippen molar-refractivity contribution >= 4 is 38.6 Å². The van der Waals surface area contributed by atoms with E-state index in [2.05, 4.69) is 34.2 Å². The Labute approximate surface area is 260 Å². The highest BCUT2D eigenvalue weighted by atomic mass is 32.2. The van der Waals surface area contributed by atoms with Gasteiger partial charge in [-0.1, -0.05) is 68.4 Å². The van der Waals surface area contributed by atoms with Crippen LogP contribution >= 0.6 is 0 Å². The summed E-state index contributed by atoms with van der Waals surface area (Å²) in [6, 6.07) is 19.3. The van der Waals surface area contributed by atoms with E-state index in [0.717, 1.165) is 17.2 Å². The quantitative estimate of drug-likeness (QED) is 0.211. The Hall–Kier alpha value is -4.31. The normalized spacial score (nSPS) is 12.2. The first-order valence-corrected chi connectivity index (χ1v) is 15.8. The summed E-state index contributed by atoms with van der Waals surface area (Å²) < 4.78 is 25.9.